The van der Waals surface area contributed by atoms with E-state index < -0.39 is 0 Å². The minimum atomic E-state index is 0.119. The molecule has 1 aromatic carbocycles. The van der Waals surface area contributed by atoms with E-state index in [0.717, 1.165) is 60.5 Å². The Bertz CT molecular complexity index is 1050. The van der Waals surface area contributed by atoms with Crippen molar-refractivity contribution in [3.63, 3.8) is 0 Å². The number of rotatable bonds is 9. The highest BCUT2D eigenvalue weighted by Gasteiger charge is 2.12. The second-order valence-electron chi connectivity index (χ2n) is 7.35. The minimum absolute atomic E-state index is 0.119. The zero-order valence-corrected chi connectivity index (χ0v) is 17.3. The Labute approximate surface area is 171 Å². The van der Waals surface area contributed by atoms with E-state index in [1.165, 1.54) is 0 Å². The highest BCUT2D eigenvalue weighted by molar-refractivity contribution is 5.82. The first kappa shape index (κ1) is 19.5. The Balaban J connectivity index is 1.44. The lowest BCUT2D eigenvalue weighted by atomic mass is 10.2. The normalized spacial score (nSPS) is 12.8. The highest BCUT2D eigenvalue weighted by Crippen LogP contribution is 2.27. The standard InChI is InChI=1S/C23H28N4O2/c1-4-26(5-2)14-8-9-17(3)28-23-13-12-22-24-19(16-27(22)25-23)21-15-18-10-6-7-11-20(18)29-21/h6-7,10-13,15-17H,4-5,8-9,14H2,1-3H3. The maximum absolute atomic E-state index is 6.03. The van der Waals surface area contributed by atoms with Gasteiger partial charge in [0.15, 0.2) is 11.4 Å². The second kappa shape index (κ2) is 8.66. The third-order valence-electron chi connectivity index (χ3n) is 5.27. The van der Waals surface area contributed by atoms with Crippen molar-refractivity contribution in [1.82, 2.24) is 19.5 Å². The van der Waals surface area contributed by atoms with Crippen LogP contribution in [0.5, 0.6) is 5.88 Å². The topological polar surface area (TPSA) is 55.8 Å². The van der Waals surface area contributed by atoms with Crippen molar-refractivity contribution >= 4 is 16.6 Å². The number of ether oxygens (including phenoxy) is 1. The van der Waals surface area contributed by atoms with Crippen molar-refractivity contribution in [2.75, 3.05) is 19.6 Å². The fourth-order valence-corrected chi connectivity index (χ4v) is 3.56. The van der Waals surface area contributed by atoms with Gasteiger partial charge in [0.25, 0.3) is 0 Å². The number of para-hydroxylation sites is 1. The van der Waals surface area contributed by atoms with Crippen molar-refractivity contribution in [2.24, 2.45) is 0 Å². The molecule has 0 fully saturated rings. The van der Waals surface area contributed by atoms with Gasteiger partial charge >= 0.3 is 0 Å². The number of furan rings is 1. The summed E-state index contributed by atoms with van der Waals surface area (Å²) in [5, 5.41) is 5.64. The number of nitrogens with zero attached hydrogens (tertiary/aromatic N) is 4. The van der Waals surface area contributed by atoms with E-state index in [1.54, 1.807) is 4.52 Å². The fourth-order valence-electron chi connectivity index (χ4n) is 3.56. The molecule has 4 aromatic rings. The third kappa shape index (κ3) is 4.43. The predicted octanol–water partition coefficient (Wildman–Crippen LogP) is 5.03. The average Bonchev–Trinajstić information content (AvgIpc) is 3.34. The number of hydrogen-bond donors (Lipinski definition) is 0. The summed E-state index contributed by atoms with van der Waals surface area (Å²) >= 11 is 0. The van der Waals surface area contributed by atoms with E-state index in [-0.39, 0.29) is 6.10 Å². The molecular formula is C23H28N4O2. The van der Waals surface area contributed by atoms with Gasteiger partial charge in [0, 0.05) is 11.5 Å². The van der Waals surface area contributed by atoms with Crippen LogP contribution in [0.1, 0.15) is 33.6 Å². The van der Waals surface area contributed by atoms with Gasteiger partial charge < -0.3 is 14.1 Å². The molecule has 0 amide bonds. The molecule has 0 saturated heterocycles. The van der Waals surface area contributed by atoms with Gasteiger partial charge in [-0.2, -0.15) is 0 Å². The summed E-state index contributed by atoms with van der Waals surface area (Å²) < 4.78 is 13.7. The first-order chi connectivity index (χ1) is 14.2. The van der Waals surface area contributed by atoms with Crippen LogP contribution in [0.3, 0.4) is 0 Å². The molecule has 0 bridgehead atoms. The van der Waals surface area contributed by atoms with E-state index in [1.807, 2.05) is 48.7 Å². The molecule has 0 aliphatic heterocycles. The van der Waals surface area contributed by atoms with Crippen LogP contribution >= 0.6 is 0 Å². The summed E-state index contributed by atoms with van der Waals surface area (Å²) in [7, 11) is 0. The first-order valence-corrected chi connectivity index (χ1v) is 10.4. The van der Waals surface area contributed by atoms with Gasteiger partial charge in [-0.15, -0.1) is 5.10 Å². The van der Waals surface area contributed by atoms with Crippen LogP contribution in [0, 0.1) is 0 Å². The lowest BCUT2D eigenvalue weighted by Gasteiger charge is -2.19. The molecule has 152 valence electrons. The molecule has 0 N–H and O–H groups in total. The van der Waals surface area contributed by atoms with Crippen LogP contribution < -0.4 is 4.74 Å². The predicted molar refractivity (Wildman–Crippen MR) is 115 cm³/mol. The molecule has 0 saturated carbocycles. The summed E-state index contributed by atoms with van der Waals surface area (Å²) in [6.45, 7) is 9.80. The summed E-state index contributed by atoms with van der Waals surface area (Å²) in [5.41, 5.74) is 2.38. The summed E-state index contributed by atoms with van der Waals surface area (Å²) in [5.74, 6) is 1.35. The fraction of sp³-hybridized carbons (Fsp3) is 0.391. The largest absolute Gasteiger partial charge is 0.474 e. The van der Waals surface area contributed by atoms with Crippen LogP contribution in [0.25, 0.3) is 28.1 Å². The Morgan fingerprint density at radius 1 is 1.14 bits per heavy atom. The minimum Gasteiger partial charge on any atom is -0.474 e. The molecule has 0 aliphatic carbocycles. The van der Waals surface area contributed by atoms with E-state index in [0.29, 0.717) is 5.88 Å². The Morgan fingerprint density at radius 2 is 1.97 bits per heavy atom. The second-order valence-corrected chi connectivity index (χ2v) is 7.35. The summed E-state index contributed by atoms with van der Waals surface area (Å²) in [4.78, 5) is 7.06. The van der Waals surface area contributed by atoms with Crippen LogP contribution in [0.2, 0.25) is 0 Å². The smallest absolute Gasteiger partial charge is 0.232 e. The van der Waals surface area contributed by atoms with Crippen molar-refractivity contribution in [3.05, 3.63) is 48.7 Å². The van der Waals surface area contributed by atoms with Crippen LogP contribution in [0.4, 0.5) is 0 Å². The van der Waals surface area contributed by atoms with E-state index in [2.05, 4.69) is 35.8 Å². The van der Waals surface area contributed by atoms with Crippen molar-refractivity contribution in [3.8, 4) is 17.3 Å². The quantitative estimate of drug-likeness (QED) is 0.400. The van der Waals surface area contributed by atoms with Gasteiger partial charge in [-0.05, 0) is 57.6 Å². The molecule has 6 nitrogen and oxygen atoms in total. The molecule has 0 radical (unpaired) electrons. The molecule has 3 aromatic heterocycles. The zero-order valence-electron chi connectivity index (χ0n) is 17.3. The third-order valence-corrected chi connectivity index (χ3v) is 5.27. The van der Waals surface area contributed by atoms with E-state index >= 15 is 0 Å². The van der Waals surface area contributed by atoms with Crippen LogP contribution in [-0.4, -0.2) is 45.2 Å². The van der Waals surface area contributed by atoms with Gasteiger partial charge in [0.2, 0.25) is 5.88 Å². The number of aromatic nitrogens is 3. The van der Waals surface area contributed by atoms with Gasteiger partial charge in [-0.3, -0.25) is 0 Å². The molecule has 29 heavy (non-hydrogen) atoms. The van der Waals surface area contributed by atoms with Crippen molar-refractivity contribution in [1.29, 1.82) is 0 Å². The highest BCUT2D eigenvalue weighted by atomic mass is 16.5. The van der Waals surface area contributed by atoms with E-state index in [4.69, 9.17) is 9.15 Å². The Hall–Kier alpha value is -2.86. The molecule has 4 rings (SSSR count). The molecule has 6 heteroatoms. The van der Waals surface area contributed by atoms with Crippen LogP contribution in [-0.2, 0) is 0 Å². The van der Waals surface area contributed by atoms with Gasteiger partial charge in [-0.1, -0.05) is 32.0 Å². The average molecular weight is 393 g/mol. The van der Waals surface area contributed by atoms with Crippen LogP contribution in [0.15, 0.2) is 53.1 Å². The number of benzene rings is 1. The molecule has 0 spiro atoms. The molecule has 3 heterocycles. The summed E-state index contributed by atoms with van der Waals surface area (Å²) in [6, 6.07) is 13.8. The Morgan fingerprint density at radius 3 is 2.76 bits per heavy atom. The first-order valence-electron chi connectivity index (χ1n) is 10.4. The maximum atomic E-state index is 6.03. The number of imidazole rings is 1. The number of hydrogen-bond acceptors (Lipinski definition) is 5. The zero-order chi connectivity index (χ0) is 20.2. The molecule has 1 atom stereocenters. The van der Waals surface area contributed by atoms with Gasteiger partial charge in [-0.25, -0.2) is 9.50 Å². The molecular weight excluding hydrogens is 364 g/mol. The van der Waals surface area contributed by atoms with E-state index in [9.17, 15) is 0 Å². The molecule has 0 aliphatic rings. The van der Waals surface area contributed by atoms with Crippen molar-refractivity contribution in [2.45, 2.75) is 39.7 Å². The summed E-state index contributed by atoms with van der Waals surface area (Å²) in [6.07, 6.45) is 4.12. The van der Waals surface area contributed by atoms with Gasteiger partial charge in [0.1, 0.15) is 11.3 Å². The van der Waals surface area contributed by atoms with Crippen molar-refractivity contribution < 1.29 is 9.15 Å². The number of fused-ring (bicyclic) bond motifs is 2. The lowest BCUT2D eigenvalue weighted by Crippen LogP contribution is -2.25. The monoisotopic (exact) mass is 392 g/mol. The maximum Gasteiger partial charge on any atom is 0.232 e. The SMILES string of the molecule is CCN(CC)CCCC(C)Oc1ccc2nc(-c3cc4ccccc4o3)cn2n1. The molecule has 1 unspecified atom stereocenters. The Kier molecular flexibility index (Phi) is 5.81. The van der Waals surface area contributed by atoms with Gasteiger partial charge in [0.05, 0.1) is 12.3 Å². The lowest BCUT2D eigenvalue weighted by molar-refractivity contribution is 0.186.